The predicted molar refractivity (Wildman–Crippen MR) is 286 cm³/mol. The Morgan fingerprint density at radius 3 is 1.02 bits per heavy atom. The van der Waals surface area contributed by atoms with Crippen LogP contribution in [0.4, 0.5) is 34.1 Å². The van der Waals surface area contributed by atoms with Crippen LogP contribution < -0.4 is 20.2 Å². The van der Waals surface area contributed by atoms with E-state index >= 15 is 0 Å². The maximum absolute atomic E-state index is 2.48. The van der Waals surface area contributed by atoms with Crippen molar-refractivity contribution in [2.45, 2.75) is 53.1 Å². The van der Waals surface area contributed by atoms with E-state index in [0.717, 1.165) is 22.7 Å². The first-order chi connectivity index (χ1) is 30.8. The smallest absolute Gasteiger partial charge is 0.0775 e. The Kier molecular flexibility index (Phi) is 10.4. The molecule has 0 aliphatic rings. The lowest BCUT2D eigenvalue weighted by Crippen LogP contribution is -2.37. The maximum atomic E-state index is 2.48. The van der Waals surface area contributed by atoms with Gasteiger partial charge in [0, 0.05) is 33.5 Å². The third-order valence-electron chi connectivity index (χ3n) is 13.2. The number of anilines is 6. The average molecular weight is 861 g/mol. The van der Waals surface area contributed by atoms with Crippen molar-refractivity contribution in [2.24, 2.45) is 0 Å². The van der Waals surface area contributed by atoms with E-state index in [4.69, 9.17) is 0 Å². The van der Waals surface area contributed by atoms with Gasteiger partial charge in [0.05, 0.1) is 27.5 Å². The second-order valence-electron chi connectivity index (χ2n) is 19.6. The minimum Gasteiger partial charge on any atom is -0.310 e. The van der Waals surface area contributed by atoms with Crippen molar-refractivity contribution in [1.29, 1.82) is 0 Å². The largest absolute Gasteiger partial charge is 0.310 e. The van der Waals surface area contributed by atoms with E-state index in [1.165, 1.54) is 87.4 Å². The van der Waals surface area contributed by atoms with Crippen LogP contribution in [0.2, 0.25) is 39.3 Å². The predicted octanol–water partition coefficient (Wildman–Crippen LogP) is 16.6. The van der Waals surface area contributed by atoms with Crippen molar-refractivity contribution in [3.05, 3.63) is 205 Å². The third-order valence-corrected chi connectivity index (χ3v) is 17.3. The molecule has 0 bridgehead atoms. The molecule has 0 N–H and O–H groups in total. The van der Waals surface area contributed by atoms with Gasteiger partial charge in [-0.1, -0.05) is 195 Å². The summed E-state index contributed by atoms with van der Waals surface area (Å²) in [5.41, 5.74) is 14.3. The van der Waals surface area contributed by atoms with Crippen LogP contribution in [-0.2, 0) is 0 Å². The molecule has 0 atom stereocenters. The first kappa shape index (κ1) is 41.3. The second kappa shape index (κ2) is 16.1. The van der Waals surface area contributed by atoms with Gasteiger partial charge in [0.15, 0.2) is 0 Å². The summed E-state index contributed by atoms with van der Waals surface area (Å²) in [6.45, 7) is 18.9. The normalized spacial score (nSPS) is 12.1. The average Bonchev–Trinajstić information content (AvgIpc) is 3.30. The van der Waals surface area contributed by atoms with E-state index in [0.29, 0.717) is 0 Å². The van der Waals surface area contributed by atoms with Gasteiger partial charge in [-0.2, -0.15) is 0 Å². The highest BCUT2D eigenvalue weighted by Crippen LogP contribution is 2.49. The van der Waals surface area contributed by atoms with E-state index in [1.807, 2.05) is 0 Å². The summed E-state index contributed by atoms with van der Waals surface area (Å²) in [6.07, 6.45) is 0. The highest BCUT2D eigenvalue weighted by molar-refractivity contribution is 6.89. The zero-order valence-electron chi connectivity index (χ0n) is 38.4. The summed E-state index contributed by atoms with van der Waals surface area (Å²) >= 11 is 0. The number of benzene rings is 10. The summed E-state index contributed by atoms with van der Waals surface area (Å²) in [6, 6.07) is 72.9. The lowest BCUT2D eigenvalue weighted by molar-refractivity contribution is 1.26. The molecule has 2 nitrogen and oxygen atoms in total. The fraction of sp³-hybridized carbons (Fsp3) is 0.133. The van der Waals surface area contributed by atoms with E-state index < -0.39 is 16.1 Å². The topological polar surface area (TPSA) is 6.48 Å². The van der Waals surface area contributed by atoms with Crippen molar-refractivity contribution < 1.29 is 0 Å². The molecule has 0 saturated heterocycles. The summed E-state index contributed by atoms with van der Waals surface area (Å²) in [7, 11) is -2.83. The minimum atomic E-state index is -1.42. The molecule has 0 aliphatic carbocycles. The Morgan fingerprint density at radius 1 is 0.312 bits per heavy atom. The Hall–Kier alpha value is -6.73. The van der Waals surface area contributed by atoms with Gasteiger partial charge >= 0.3 is 0 Å². The lowest BCUT2D eigenvalue weighted by atomic mass is 9.91. The zero-order valence-corrected chi connectivity index (χ0v) is 40.4. The van der Waals surface area contributed by atoms with Crippen LogP contribution in [0.15, 0.2) is 194 Å². The van der Waals surface area contributed by atoms with E-state index in [1.54, 1.807) is 0 Å². The van der Waals surface area contributed by atoms with Gasteiger partial charge in [0.25, 0.3) is 0 Å². The number of nitrogens with zero attached hydrogens (tertiary/aromatic N) is 2. The van der Waals surface area contributed by atoms with Crippen LogP contribution in [0.5, 0.6) is 0 Å². The Bertz CT molecular complexity index is 3060. The molecule has 10 aromatic rings. The number of hydrogen-bond acceptors (Lipinski definition) is 2. The van der Waals surface area contributed by atoms with Gasteiger partial charge in [0.2, 0.25) is 0 Å². The van der Waals surface area contributed by atoms with Crippen molar-refractivity contribution in [3.8, 4) is 22.3 Å². The molecule has 0 saturated carbocycles. The highest BCUT2D eigenvalue weighted by Gasteiger charge is 2.24. The van der Waals surface area contributed by atoms with Gasteiger partial charge in [-0.15, -0.1) is 0 Å². The van der Waals surface area contributed by atoms with Crippen LogP contribution in [0.25, 0.3) is 54.6 Å². The number of hydrogen-bond donors (Lipinski definition) is 0. The first-order valence-corrected chi connectivity index (χ1v) is 29.7. The van der Waals surface area contributed by atoms with Crippen LogP contribution in [-0.4, -0.2) is 16.1 Å². The molecule has 0 fully saturated rings. The van der Waals surface area contributed by atoms with Crippen LogP contribution >= 0.6 is 0 Å². The molecule has 0 spiro atoms. The maximum Gasteiger partial charge on any atom is 0.0775 e. The fourth-order valence-corrected chi connectivity index (χ4v) is 11.8. The van der Waals surface area contributed by atoms with E-state index in [2.05, 4.69) is 257 Å². The molecular weight excluding hydrogens is 805 g/mol. The van der Waals surface area contributed by atoms with Gasteiger partial charge in [-0.25, -0.2) is 0 Å². The monoisotopic (exact) mass is 860 g/mol. The zero-order chi connectivity index (χ0) is 44.3. The minimum absolute atomic E-state index is 1.13. The lowest BCUT2D eigenvalue weighted by Gasteiger charge is -2.31. The Balaban J connectivity index is 1.16. The molecule has 314 valence electrons. The fourth-order valence-electron chi connectivity index (χ4n) is 9.52. The molecular formula is C60H56N2Si2. The van der Waals surface area contributed by atoms with Crippen molar-refractivity contribution >= 4 is 93.0 Å². The van der Waals surface area contributed by atoms with E-state index in [-0.39, 0.29) is 0 Å². The van der Waals surface area contributed by atoms with Crippen molar-refractivity contribution in [2.75, 3.05) is 9.80 Å². The van der Waals surface area contributed by atoms with E-state index in [9.17, 15) is 0 Å². The third kappa shape index (κ3) is 7.51. The highest BCUT2D eigenvalue weighted by atomic mass is 28.3. The van der Waals surface area contributed by atoms with Gasteiger partial charge in [0.1, 0.15) is 0 Å². The van der Waals surface area contributed by atoms with Gasteiger partial charge in [-0.3, -0.25) is 0 Å². The van der Waals surface area contributed by atoms with Crippen LogP contribution in [0.1, 0.15) is 11.1 Å². The molecule has 0 aliphatic heterocycles. The SMILES string of the molecule is Cc1ccc(-c2ccc([Si](C)(C)C)cc2)cc1N(c1ccccc1)c1ccc2ccc3c(N(c4ccccc4)c4cc(-c5ccc([Si](C)(C)C)cc5)ccc4C)ccc4ccc1c2c43. The second-order valence-corrected chi connectivity index (χ2v) is 29.7. The quantitative estimate of drug-likeness (QED) is 0.0998. The Morgan fingerprint density at radius 2 is 0.656 bits per heavy atom. The molecule has 0 aromatic heterocycles. The molecule has 4 heteroatoms. The summed E-state index contributed by atoms with van der Waals surface area (Å²) in [5.74, 6) is 0. The summed E-state index contributed by atoms with van der Waals surface area (Å²) < 4.78 is 0. The molecule has 64 heavy (non-hydrogen) atoms. The van der Waals surface area contributed by atoms with Crippen molar-refractivity contribution in [1.82, 2.24) is 0 Å². The summed E-state index contributed by atoms with van der Waals surface area (Å²) in [5, 5.41) is 10.5. The van der Waals surface area contributed by atoms with Crippen molar-refractivity contribution in [3.63, 3.8) is 0 Å². The Labute approximate surface area is 381 Å². The standard InChI is InChI=1S/C60H56N2Si2/c1-41-19-21-47(43-23-31-51(32-24-43)63(3,4)5)39-57(41)61(49-15-11-9-12-16-49)55-37-29-45-28-36-54-56(38-30-46-27-35-53(55)59(45)60(46)54)62(50-17-13-10-14-18-50)58-40-48(22-20-42(58)2)44-25-33-52(34-26-44)64(6,7)8/h9-40H,1-8H3. The molecule has 0 radical (unpaired) electrons. The molecule has 10 rings (SSSR count). The van der Waals surface area contributed by atoms with Crippen LogP contribution in [0, 0.1) is 13.8 Å². The van der Waals surface area contributed by atoms with Crippen LogP contribution in [0.3, 0.4) is 0 Å². The van der Waals surface area contributed by atoms with Gasteiger partial charge < -0.3 is 9.80 Å². The summed E-state index contributed by atoms with van der Waals surface area (Å²) in [4.78, 5) is 4.95. The number of para-hydroxylation sites is 2. The number of aryl methyl sites for hydroxylation is 2. The molecule has 0 amide bonds. The molecule has 0 unspecified atom stereocenters. The molecule has 0 heterocycles. The molecule has 10 aromatic carbocycles. The van der Waals surface area contributed by atoms with Gasteiger partial charge in [-0.05, 0) is 117 Å². The number of rotatable bonds is 10. The first-order valence-electron chi connectivity index (χ1n) is 22.7.